The fraction of sp³-hybridized carbons (Fsp3) is 0.269. The van der Waals surface area contributed by atoms with Crippen molar-refractivity contribution in [3.05, 3.63) is 87.2 Å². The zero-order chi connectivity index (χ0) is 24.1. The van der Waals surface area contributed by atoms with Crippen LogP contribution in [0, 0.1) is 19.7 Å². The number of carbonyl (C=O) groups excluding carboxylic acids is 2. The summed E-state index contributed by atoms with van der Waals surface area (Å²) in [7, 11) is 0. The second-order valence-electron chi connectivity index (χ2n) is 9.19. The van der Waals surface area contributed by atoms with E-state index in [2.05, 4.69) is 25.8 Å². The first-order valence-electron chi connectivity index (χ1n) is 10.6. The summed E-state index contributed by atoms with van der Waals surface area (Å²) in [6, 6.07) is 12.0. The summed E-state index contributed by atoms with van der Waals surface area (Å²) in [6.45, 7) is 10.0. The molecule has 4 rings (SSSR count). The molecular weight excluding hydrogens is 439 g/mol. The third-order valence-corrected chi connectivity index (χ3v) is 6.95. The molecule has 2 heterocycles. The molecule has 33 heavy (non-hydrogen) atoms. The fourth-order valence-electron chi connectivity index (χ4n) is 3.83. The first-order valence-corrected chi connectivity index (χ1v) is 11.4. The maximum atomic E-state index is 13.4. The Hall–Kier alpha value is -3.32. The Labute approximate surface area is 196 Å². The Morgan fingerprint density at radius 2 is 1.64 bits per heavy atom. The van der Waals surface area contributed by atoms with Crippen molar-refractivity contribution < 1.29 is 19.1 Å². The molecule has 0 radical (unpaired) electrons. The van der Waals surface area contributed by atoms with E-state index in [9.17, 15) is 19.1 Å². The zero-order valence-corrected chi connectivity index (χ0v) is 20.0. The van der Waals surface area contributed by atoms with Crippen LogP contribution in [0.5, 0.6) is 0 Å². The number of benzene rings is 2. The van der Waals surface area contributed by atoms with E-state index in [0.29, 0.717) is 10.7 Å². The minimum Gasteiger partial charge on any atom is -0.507 e. The van der Waals surface area contributed by atoms with E-state index in [4.69, 9.17) is 0 Å². The number of anilines is 1. The highest BCUT2D eigenvalue weighted by Crippen LogP contribution is 2.44. The Morgan fingerprint density at radius 3 is 2.15 bits per heavy atom. The van der Waals surface area contributed by atoms with Gasteiger partial charge in [0.1, 0.15) is 11.6 Å². The van der Waals surface area contributed by atoms with Crippen molar-refractivity contribution in [3.63, 3.8) is 0 Å². The highest BCUT2D eigenvalue weighted by molar-refractivity contribution is 7.16. The number of aliphatic hydroxyl groups is 1. The second-order valence-corrected chi connectivity index (χ2v) is 10.4. The molecule has 2 aromatic carbocycles. The molecule has 1 aliphatic rings. The molecule has 1 aliphatic heterocycles. The number of nitrogens with zero attached hydrogens (tertiary/aromatic N) is 2. The number of halogens is 1. The number of carbonyl (C=O) groups is 2. The number of hydrogen-bond donors (Lipinski definition) is 1. The molecule has 0 aliphatic carbocycles. The number of thiazole rings is 1. The minimum absolute atomic E-state index is 0.0411. The third kappa shape index (κ3) is 4.09. The van der Waals surface area contributed by atoms with Crippen molar-refractivity contribution in [1.29, 1.82) is 0 Å². The Balaban J connectivity index is 1.92. The van der Waals surface area contributed by atoms with E-state index in [1.807, 2.05) is 38.1 Å². The summed E-state index contributed by atoms with van der Waals surface area (Å²) in [5.74, 6) is -2.36. The van der Waals surface area contributed by atoms with Gasteiger partial charge in [-0.15, -0.1) is 11.3 Å². The van der Waals surface area contributed by atoms with Crippen molar-refractivity contribution in [2.24, 2.45) is 0 Å². The number of aliphatic hydroxyl groups excluding tert-OH is 1. The van der Waals surface area contributed by atoms with Gasteiger partial charge in [0.05, 0.1) is 17.3 Å². The van der Waals surface area contributed by atoms with Crippen LogP contribution in [0.15, 0.2) is 54.1 Å². The van der Waals surface area contributed by atoms with Gasteiger partial charge < -0.3 is 5.11 Å². The van der Waals surface area contributed by atoms with Crippen LogP contribution in [0.2, 0.25) is 0 Å². The average molecular weight is 465 g/mol. The number of amides is 1. The standard InChI is InChI=1S/C26H25FN2O3S/c1-14-15(2)33-25(28-14)29-21(16-6-10-18(11-7-16)26(3,4)5)20(23(31)24(29)32)22(30)17-8-12-19(27)13-9-17/h6-13,21,30H,1-5H3/b22-20+/t21-/m0/s1. The molecule has 1 atom stereocenters. The number of hydrogen-bond acceptors (Lipinski definition) is 5. The van der Waals surface area contributed by atoms with Crippen molar-refractivity contribution in [1.82, 2.24) is 4.98 Å². The van der Waals surface area contributed by atoms with Gasteiger partial charge in [0.15, 0.2) is 5.13 Å². The largest absolute Gasteiger partial charge is 0.507 e. The predicted molar refractivity (Wildman–Crippen MR) is 128 cm³/mol. The van der Waals surface area contributed by atoms with Gasteiger partial charge in [-0.3, -0.25) is 14.5 Å². The lowest BCUT2D eigenvalue weighted by atomic mass is 9.85. The van der Waals surface area contributed by atoms with Crippen LogP contribution in [-0.4, -0.2) is 21.8 Å². The van der Waals surface area contributed by atoms with Crippen LogP contribution in [-0.2, 0) is 15.0 Å². The van der Waals surface area contributed by atoms with Gasteiger partial charge in [-0.25, -0.2) is 9.37 Å². The molecule has 1 aromatic heterocycles. The summed E-state index contributed by atoms with van der Waals surface area (Å²) in [5, 5.41) is 11.5. The molecule has 170 valence electrons. The van der Waals surface area contributed by atoms with Gasteiger partial charge >= 0.3 is 5.91 Å². The van der Waals surface area contributed by atoms with E-state index in [0.717, 1.165) is 16.1 Å². The molecule has 7 heteroatoms. The van der Waals surface area contributed by atoms with Crippen molar-refractivity contribution in [2.45, 2.75) is 46.1 Å². The van der Waals surface area contributed by atoms with Gasteiger partial charge in [-0.2, -0.15) is 0 Å². The SMILES string of the molecule is Cc1nc(N2C(=O)C(=O)/C(=C(/O)c3ccc(F)cc3)[C@@H]2c2ccc(C(C)(C)C)cc2)sc1C. The van der Waals surface area contributed by atoms with Crippen molar-refractivity contribution in [3.8, 4) is 0 Å². The van der Waals surface area contributed by atoms with Gasteiger partial charge in [0.25, 0.3) is 5.78 Å². The Bertz CT molecular complexity index is 1250. The number of aromatic nitrogens is 1. The monoisotopic (exact) mass is 464 g/mol. The molecule has 3 aromatic rings. The molecule has 0 bridgehead atoms. The van der Waals surface area contributed by atoms with E-state index >= 15 is 0 Å². The van der Waals surface area contributed by atoms with E-state index in [1.54, 1.807) is 0 Å². The van der Waals surface area contributed by atoms with Crippen LogP contribution in [0.4, 0.5) is 9.52 Å². The molecule has 5 nitrogen and oxygen atoms in total. The number of Topliss-reactive ketones (excluding diaryl/α,β-unsaturated/α-hetero) is 1. The number of aryl methyl sites for hydroxylation is 2. The molecule has 1 N–H and O–H groups in total. The van der Waals surface area contributed by atoms with Gasteiger partial charge in [-0.05, 0) is 54.7 Å². The third-order valence-electron chi connectivity index (χ3n) is 5.88. The van der Waals surface area contributed by atoms with Crippen LogP contribution >= 0.6 is 11.3 Å². The highest BCUT2D eigenvalue weighted by Gasteiger charge is 2.48. The zero-order valence-electron chi connectivity index (χ0n) is 19.1. The van der Waals surface area contributed by atoms with Gasteiger partial charge in [0, 0.05) is 10.4 Å². The second kappa shape index (κ2) is 8.23. The van der Waals surface area contributed by atoms with Gasteiger partial charge in [0.2, 0.25) is 0 Å². The lowest BCUT2D eigenvalue weighted by Gasteiger charge is -2.24. The summed E-state index contributed by atoms with van der Waals surface area (Å²) in [4.78, 5) is 33.1. The van der Waals surface area contributed by atoms with Crippen molar-refractivity contribution in [2.75, 3.05) is 4.90 Å². The van der Waals surface area contributed by atoms with Crippen LogP contribution in [0.25, 0.3) is 5.76 Å². The fourth-order valence-corrected chi connectivity index (χ4v) is 4.77. The number of ketones is 1. The summed E-state index contributed by atoms with van der Waals surface area (Å²) in [5.41, 5.74) is 2.70. The average Bonchev–Trinajstić information content (AvgIpc) is 3.23. The summed E-state index contributed by atoms with van der Waals surface area (Å²) >= 11 is 1.32. The lowest BCUT2D eigenvalue weighted by Crippen LogP contribution is -2.29. The summed E-state index contributed by atoms with van der Waals surface area (Å²) in [6.07, 6.45) is 0. The van der Waals surface area contributed by atoms with E-state index in [1.165, 1.54) is 40.5 Å². The Morgan fingerprint density at radius 1 is 1.03 bits per heavy atom. The first kappa shape index (κ1) is 22.9. The van der Waals surface area contributed by atoms with Crippen LogP contribution < -0.4 is 4.90 Å². The summed E-state index contributed by atoms with van der Waals surface area (Å²) < 4.78 is 13.4. The quantitative estimate of drug-likeness (QED) is 0.301. The Kier molecular flexibility index (Phi) is 5.70. The normalized spacial score (nSPS) is 18.2. The van der Waals surface area contributed by atoms with Crippen molar-refractivity contribution >= 4 is 33.9 Å². The van der Waals surface area contributed by atoms with Crippen LogP contribution in [0.1, 0.15) is 54.1 Å². The smallest absolute Gasteiger partial charge is 0.301 e. The van der Waals surface area contributed by atoms with Gasteiger partial charge in [-0.1, -0.05) is 45.0 Å². The molecule has 0 unspecified atom stereocenters. The van der Waals surface area contributed by atoms with E-state index < -0.39 is 23.5 Å². The molecule has 1 saturated heterocycles. The van der Waals surface area contributed by atoms with Crippen LogP contribution in [0.3, 0.4) is 0 Å². The number of rotatable bonds is 3. The predicted octanol–water partition coefficient (Wildman–Crippen LogP) is 5.82. The molecule has 0 spiro atoms. The van der Waals surface area contributed by atoms with E-state index in [-0.39, 0.29) is 22.3 Å². The maximum Gasteiger partial charge on any atom is 0.301 e. The molecule has 0 saturated carbocycles. The minimum atomic E-state index is -0.853. The molecule has 1 fully saturated rings. The highest BCUT2D eigenvalue weighted by atomic mass is 32.1. The topological polar surface area (TPSA) is 70.5 Å². The first-order chi connectivity index (χ1) is 15.5. The lowest BCUT2D eigenvalue weighted by molar-refractivity contribution is -0.132. The molecular formula is C26H25FN2O3S. The maximum absolute atomic E-state index is 13.4. The molecule has 1 amide bonds.